The summed E-state index contributed by atoms with van der Waals surface area (Å²) in [5.41, 5.74) is 5.46. The van der Waals surface area contributed by atoms with Crippen LogP contribution in [0.2, 0.25) is 0 Å². The lowest BCUT2D eigenvalue weighted by atomic mass is 9.91. The number of hydrogen-bond donors (Lipinski definition) is 3. The lowest BCUT2D eigenvalue weighted by Gasteiger charge is -2.39. The van der Waals surface area contributed by atoms with E-state index in [-0.39, 0.29) is 29.2 Å². The van der Waals surface area contributed by atoms with E-state index in [2.05, 4.69) is 58.7 Å². The highest BCUT2D eigenvalue weighted by molar-refractivity contribution is 5.98. The topological polar surface area (TPSA) is 186 Å². The maximum absolute atomic E-state index is 13.9. The summed E-state index contributed by atoms with van der Waals surface area (Å²) < 4.78 is 51.0. The van der Waals surface area contributed by atoms with Crippen LogP contribution < -0.4 is 25.6 Å². The zero-order valence-corrected chi connectivity index (χ0v) is 45.6. The first-order chi connectivity index (χ1) is 37.7. The molecule has 0 radical (unpaired) electrons. The molecule has 0 spiro atoms. The van der Waals surface area contributed by atoms with Gasteiger partial charge in [-0.1, -0.05) is 62.4 Å². The number of benzene rings is 3. The minimum absolute atomic E-state index is 0.0745. The predicted octanol–water partition coefficient (Wildman–Crippen LogP) is 5.66. The molecule has 1 fully saturated rings. The Morgan fingerprint density at radius 2 is 1.39 bits per heavy atom. The molecule has 0 aliphatic carbocycles. The molecule has 2 amide bonds. The van der Waals surface area contributed by atoms with Crippen molar-refractivity contribution in [2.75, 3.05) is 162 Å². The van der Waals surface area contributed by atoms with Crippen LogP contribution in [-0.4, -0.2) is 191 Å². The monoisotopic (exact) mass is 1060 g/mol. The Bertz CT molecular complexity index is 2520. The van der Waals surface area contributed by atoms with E-state index in [1.54, 1.807) is 13.3 Å². The highest BCUT2D eigenvalue weighted by Gasteiger charge is 2.40. The molecule has 2 aliphatic heterocycles. The number of pyridine rings is 2. The molecule has 4 heterocycles. The second kappa shape index (κ2) is 32.4. The highest BCUT2D eigenvalue weighted by atomic mass is 16.6. The third-order valence-electron chi connectivity index (χ3n) is 13.4. The number of rotatable bonds is 36. The zero-order valence-electron chi connectivity index (χ0n) is 45.6. The maximum atomic E-state index is 13.9. The van der Waals surface area contributed by atoms with Crippen LogP contribution in [0.15, 0.2) is 104 Å². The summed E-state index contributed by atoms with van der Waals surface area (Å²) in [6.45, 7) is 17.6. The van der Waals surface area contributed by atoms with Crippen molar-refractivity contribution in [3.05, 3.63) is 126 Å². The van der Waals surface area contributed by atoms with Gasteiger partial charge in [-0.05, 0) is 71.8 Å². The van der Waals surface area contributed by atoms with Crippen LogP contribution in [0.1, 0.15) is 49.1 Å². The van der Waals surface area contributed by atoms with E-state index in [0.29, 0.717) is 144 Å². The first-order valence-electron chi connectivity index (χ1n) is 27.1. The van der Waals surface area contributed by atoms with Gasteiger partial charge in [-0.25, -0.2) is 0 Å². The minimum Gasteiger partial charge on any atom is -0.491 e. The number of amides is 2. The molecule has 7 rings (SSSR count). The molecule has 2 aliphatic rings. The molecule has 418 valence electrons. The molecule has 3 N–H and O–H groups in total. The molecule has 5 aromatic rings. The summed E-state index contributed by atoms with van der Waals surface area (Å²) in [5.74, 6) is 0.426. The van der Waals surface area contributed by atoms with Crippen LogP contribution in [0.25, 0.3) is 10.8 Å². The number of fused-ring (bicyclic) bond motifs is 2. The van der Waals surface area contributed by atoms with E-state index in [0.717, 1.165) is 63.4 Å². The number of ether oxygens (including phenoxy) is 9. The molecular formula is C59H81N7O11. The quantitative estimate of drug-likeness (QED) is 0.0417. The first-order valence-corrected chi connectivity index (χ1v) is 27.1. The van der Waals surface area contributed by atoms with Crippen LogP contribution in [0.5, 0.6) is 5.75 Å². The number of nitrogens with zero attached hydrogens (tertiary/aromatic N) is 4. The normalized spacial score (nSPS) is 16.6. The van der Waals surface area contributed by atoms with Gasteiger partial charge in [0.1, 0.15) is 12.4 Å². The van der Waals surface area contributed by atoms with E-state index in [1.165, 1.54) is 0 Å². The van der Waals surface area contributed by atoms with E-state index < -0.39 is 0 Å². The van der Waals surface area contributed by atoms with Crippen molar-refractivity contribution in [2.45, 2.75) is 50.6 Å². The fourth-order valence-corrected chi connectivity index (χ4v) is 9.39. The molecule has 18 nitrogen and oxygen atoms in total. The molecule has 3 aromatic carbocycles. The molecule has 3 atom stereocenters. The van der Waals surface area contributed by atoms with Gasteiger partial charge in [-0.2, -0.15) is 0 Å². The van der Waals surface area contributed by atoms with Crippen LogP contribution in [0.3, 0.4) is 0 Å². The summed E-state index contributed by atoms with van der Waals surface area (Å²) >= 11 is 0. The van der Waals surface area contributed by atoms with E-state index in [1.807, 2.05) is 90.1 Å². The molecule has 1 saturated heterocycles. The van der Waals surface area contributed by atoms with Crippen molar-refractivity contribution in [1.82, 2.24) is 25.5 Å². The number of aromatic nitrogens is 2. The van der Waals surface area contributed by atoms with Gasteiger partial charge in [-0.3, -0.25) is 24.5 Å². The van der Waals surface area contributed by atoms with E-state index >= 15 is 0 Å². The van der Waals surface area contributed by atoms with Crippen LogP contribution >= 0.6 is 0 Å². The predicted molar refractivity (Wildman–Crippen MR) is 297 cm³/mol. The molecule has 0 bridgehead atoms. The zero-order chi connectivity index (χ0) is 53.9. The number of hydrogen-bond acceptors (Lipinski definition) is 16. The number of anilines is 2. The summed E-state index contributed by atoms with van der Waals surface area (Å²) in [6, 6.07) is 28.2. The van der Waals surface area contributed by atoms with Gasteiger partial charge < -0.3 is 63.5 Å². The lowest BCUT2D eigenvalue weighted by Crippen LogP contribution is -2.59. The number of carbonyl (C=O) groups excluding carboxylic acids is 2. The Balaban J connectivity index is 0.637. The van der Waals surface area contributed by atoms with Gasteiger partial charge in [0.2, 0.25) is 11.8 Å². The Morgan fingerprint density at radius 1 is 0.727 bits per heavy atom. The average molecular weight is 1060 g/mol. The van der Waals surface area contributed by atoms with Crippen LogP contribution in [0.4, 0.5) is 11.4 Å². The summed E-state index contributed by atoms with van der Waals surface area (Å²) in [4.78, 5) is 40.5. The summed E-state index contributed by atoms with van der Waals surface area (Å²) in [6.07, 6.45) is 6.16. The van der Waals surface area contributed by atoms with Gasteiger partial charge in [-0.15, -0.1) is 0 Å². The number of piperazine rings is 1. The van der Waals surface area contributed by atoms with Gasteiger partial charge >= 0.3 is 0 Å². The molecule has 18 heteroatoms. The smallest absolute Gasteiger partial charge is 0.241 e. The number of carbonyl (C=O) groups is 2. The summed E-state index contributed by atoms with van der Waals surface area (Å²) in [5, 5.41) is 12.0. The molecular weight excluding hydrogens is 983 g/mol. The molecule has 77 heavy (non-hydrogen) atoms. The highest BCUT2D eigenvalue weighted by Crippen LogP contribution is 2.40. The number of nitrogens with one attached hydrogen (secondary N) is 3. The van der Waals surface area contributed by atoms with Crippen molar-refractivity contribution < 1.29 is 52.2 Å². The van der Waals surface area contributed by atoms with Crippen molar-refractivity contribution in [1.29, 1.82) is 0 Å². The second-order valence-corrected chi connectivity index (χ2v) is 20.0. The van der Waals surface area contributed by atoms with Gasteiger partial charge in [0.25, 0.3) is 0 Å². The standard InChI is InChI=1S/C59H81N7O11/c1-45-41-65(52(39-62-45)43-69-4)42-56(67)66-44-59(2,3)57-55(66)35-47(37-63-57)33-46-9-8-12-53(34-46)77-32-31-76-30-29-75-28-27-74-26-25-73-24-23-72-22-21-71-20-19-70-18-17-61-40-54(48-10-6-5-7-11-48)58(68)64-51-14-13-50-38-60-16-15-49(50)36-51/h5-16,34-38,45,52,54,61-62H,17-33,39-44H2,1-4H3,(H,64,68)/t45-,52-,54-/m1/s1. The van der Waals surface area contributed by atoms with Crippen LogP contribution in [0, 0.1) is 0 Å². The van der Waals surface area contributed by atoms with Gasteiger partial charge in [0.05, 0.1) is 123 Å². The second-order valence-electron chi connectivity index (χ2n) is 20.0. The third kappa shape index (κ3) is 19.7. The Kier molecular flexibility index (Phi) is 24.9. The van der Waals surface area contributed by atoms with Crippen molar-refractivity contribution >= 4 is 34.0 Å². The minimum atomic E-state index is -0.364. The Labute approximate surface area is 454 Å². The van der Waals surface area contributed by atoms with Crippen molar-refractivity contribution in [3.63, 3.8) is 0 Å². The van der Waals surface area contributed by atoms with Gasteiger partial charge in [0, 0.05) is 87.0 Å². The first kappa shape index (κ1) is 59.2. The summed E-state index contributed by atoms with van der Waals surface area (Å²) in [7, 11) is 1.71. The van der Waals surface area contributed by atoms with Gasteiger partial charge in [0.15, 0.2) is 0 Å². The molecule has 2 aromatic heterocycles. The molecule has 0 saturated carbocycles. The van der Waals surface area contributed by atoms with E-state index in [9.17, 15) is 9.59 Å². The average Bonchev–Trinajstić information content (AvgIpc) is 3.76. The maximum Gasteiger partial charge on any atom is 0.241 e. The Hall–Kier alpha value is -5.48. The van der Waals surface area contributed by atoms with Crippen molar-refractivity contribution in [3.8, 4) is 5.75 Å². The molecule has 0 unspecified atom stereocenters. The van der Waals surface area contributed by atoms with Crippen molar-refractivity contribution in [2.24, 2.45) is 0 Å². The Morgan fingerprint density at radius 3 is 2.06 bits per heavy atom. The SMILES string of the molecule is COC[C@H]1CN[C@H](C)CN1CC(=O)N1CC(C)(C)c2ncc(Cc3cccc(OCCOCCOCCOCCOCCOCCOCCOCCNC[C@@H](C(=O)Nc4ccc5cnccc5c4)c4ccccc4)c3)cc21. The fraction of sp³-hybridized carbons (Fsp3) is 0.525. The lowest BCUT2D eigenvalue weighted by molar-refractivity contribution is -0.121. The number of methoxy groups -OCH3 is 1. The van der Waals surface area contributed by atoms with E-state index in [4.69, 9.17) is 47.6 Å². The largest absolute Gasteiger partial charge is 0.491 e. The fourth-order valence-electron chi connectivity index (χ4n) is 9.39. The third-order valence-corrected chi connectivity index (χ3v) is 13.4. The van der Waals surface area contributed by atoms with Crippen LogP contribution in [-0.2, 0) is 59.3 Å².